The van der Waals surface area contributed by atoms with Crippen molar-refractivity contribution in [2.45, 2.75) is 0 Å². The molecule has 0 aliphatic rings. The van der Waals surface area contributed by atoms with Gasteiger partial charge < -0.3 is 20.1 Å². The summed E-state index contributed by atoms with van der Waals surface area (Å²) in [7, 11) is 5.26. The predicted octanol–water partition coefficient (Wildman–Crippen LogP) is 3.05. The maximum absolute atomic E-state index is 5.82. The first kappa shape index (κ1) is 13.1. The number of nitrogens with two attached hydrogens (primary N) is 1. The van der Waals surface area contributed by atoms with E-state index in [2.05, 4.69) is 4.90 Å². The summed E-state index contributed by atoms with van der Waals surface area (Å²) in [5.41, 5.74) is 8.52. The van der Waals surface area contributed by atoms with Crippen LogP contribution < -0.4 is 20.1 Å². The molecule has 0 aliphatic carbocycles. The van der Waals surface area contributed by atoms with E-state index >= 15 is 0 Å². The van der Waals surface area contributed by atoms with Gasteiger partial charge in [0.2, 0.25) is 0 Å². The van der Waals surface area contributed by atoms with Crippen molar-refractivity contribution in [3.63, 3.8) is 0 Å². The highest BCUT2D eigenvalue weighted by Crippen LogP contribution is 2.31. The monoisotopic (exact) mass is 258 g/mol. The lowest BCUT2D eigenvalue weighted by Gasteiger charge is -2.20. The third-order valence-corrected chi connectivity index (χ3v) is 3.06. The van der Waals surface area contributed by atoms with Gasteiger partial charge in [-0.1, -0.05) is 0 Å². The molecule has 0 saturated heterocycles. The second-order valence-electron chi connectivity index (χ2n) is 4.18. The minimum Gasteiger partial charge on any atom is -0.497 e. The zero-order valence-corrected chi connectivity index (χ0v) is 11.4. The Morgan fingerprint density at radius 3 is 2.11 bits per heavy atom. The fraction of sp³-hybridized carbons (Fsp3) is 0.200. The van der Waals surface area contributed by atoms with Crippen LogP contribution in [0.4, 0.5) is 17.1 Å². The largest absolute Gasteiger partial charge is 0.497 e. The van der Waals surface area contributed by atoms with E-state index in [0.29, 0.717) is 11.4 Å². The minimum absolute atomic E-state index is 0.634. The van der Waals surface area contributed by atoms with Gasteiger partial charge in [-0.05, 0) is 36.4 Å². The van der Waals surface area contributed by atoms with E-state index in [1.54, 1.807) is 14.2 Å². The van der Waals surface area contributed by atoms with Crippen molar-refractivity contribution in [1.29, 1.82) is 0 Å². The molecule has 0 unspecified atom stereocenters. The van der Waals surface area contributed by atoms with E-state index in [0.717, 1.165) is 17.1 Å². The number of hydrogen-bond acceptors (Lipinski definition) is 4. The average molecular weight is 258 g/mol. The molecule has 0 saturated carbocycles. The zero-order valence-electron chi connectivity index (χ0n) is 11.4. The third-order valence-electron chi connectivity index (χ3n) is 3.06. The molecule has 0 spiro atoms. The minimum atomic E-state index is 0.634. The summed E-state index contributed by atoms with van der Waals surface area (Å²) in [4.78, 5) is 2.06. The van der Waals surface area contributed by atoms with Gasteiger partial charge in [-0.3, -0.25) is 0 Å². The van der Waals surface area contributed by atoms with Crippen molar-refractivity contribution in [3.05, 3.63) is 42.5 Å². The Bertz CT molecular complexity index is 553. The van der Waals surface area contributed by atoms with E-state index in [-0.39, 0.29) is 0 Å². The van der Waals surface area contributed by atoms with Gasteiger partial charge in [0, 0.05) is 24.5 Å². The molecule has 4 nitrogen and oxygen atoms in total. The molecule has 0 aromatic heterocycles. The van der Waals surface area contributed by atoms with Crippen molar-refractivity contribution >= 4 is 17.1 Å². The molecule has 0 aliphatic heterocycles. The molecule has 2 N–H and O–H groups in total. The third kappa shape index (κ3) is 2.73. The first-order valence-corrected chi connectivity index (χ1v) is 5.97. The Kier molecular flexibility index (Phi) is 3.80. The normalized spacial score (nSPS) is 10.1. The summed E-state index contributed by atoms with van der Waals surface area (Å²) < 4.78 is 10.4. The standard InChI is InChI=1S/C15H18N2O2/c1-17(11-4-7-13(18-2)8-5-11)12-6-9-14(16)15(10-12)19-3/h4-10H,16H2,1-3H3. The summed E-state index contributed by atoms with van der Waals surface area (Å²) >= 11 is 0. The number of hydrogen-bond donors (Lipinski definition) is 1. The maximum atomic E-state index is 5.82. The molecule has 0 fully saturated rings. The van der Waals surface area contributed by atoms with Crippen molar-refractivity contribution in [1.82, 2.24) is 0 Å². The van der Waals surface area contributed by atoms with Crippen LogP contribution in [0.1, 0.15) is 0 Å². The van der Waals surface area contributed by atoms with Gasteiger partial charge in [-0.25, -0.2) is 0 Å². The van der Waals surface area contributed by atoms with E-state index in [4.69, 9.17) is 15.2 Å². The van der Waals surface area contributed by atoms with Crippen LogP contribution in [-0.2, 0) is 0 Å². The van der Waals surface area contributed by atoms with Crippen LogP contribution in [0, 0.1) is 0 Å². The molecule has 0 bridgehead atoms. The second-order valence-corrected chi connectivity index (χ2v) is 4.18. The lowest BCUT2D eigenvalue weighted by atomic mass is 10.2. The molecule has 100 valence electrons. The summed E-state index contributed by atoms with van der Waals surface area (Å²) in [5.74, 6) is 1.52. The highest BCUT2D eigenvalue weighted by atomic mass is 16.5. The van der Waals surface area contributed by atoms with Crippen LogP contribution in [0.2, 0.25) is 0 Å². The van der Waals surface area contributed by atoms with Crippen molar-refractivity contribution in [2.24, 2.45) is 0 Å². The Labute approximate surface area is 113 Å². The van der Waals surface area contributed by atoms with Crippen LogP contribution in [-0.4, -0.2) is 21.3 Å². The number of benzene rings is 2. The Hall–Kier alpha value is -2.36. The molecule has 0 heterocycles. The summed E-state index contributed by atoms with van der Waals surface area (Å²) in [6.07, 6.45) is 0. The molecule has 2 aromatic rings. The highest BCUT2D eigenvalue weighted by Gasteiger charge is 2.07. The van der Waals surface area contributed by atoms with Crippen molar-refractivity contribution in [3.8, 4) is 11.5 Å². The molecule has 2 rings (SSSR count). The Morgan fingerprint density at radius 2 is 1.53 bits per heavy atom. The highest BCUT2D eigenvalue weighted by molar-refractivity contribution is 5.68. The molecule has 19 heavy (non-hydrogen) atoms. The fourth-order valence-corrected chi connectivity index (χ4v) is 1.86. The van der Waals surface area contributed by atoms with Crippen LogP contribution in [0.5, 0.6) is 11.5 Å². The van der Waals surface area contributed by atoms with Crippen molar-refractivity contribution in [2.75, 3.05) is 31.9 Å². The molecule has 2 aromatic carbocycles. The van der Waals surface area contributed by atoms with Crippen molar-refractivity contribution < 1.29 is 9.47 Å². The van der Waals surface area contributed by atoms with E-state index in [1.165, 1.54) is 0 Å². The smallest absolute Gasteiger partial charge is 0.143 e. The van der Waals surface area contributed by atoms with Gasteiger partial charge in [-0.2, -0.15) is 0 Å². The van der Waals surface area contributed by atoms with Gasteiger partial charge in [0.15, 0.2) is 0 Å². The first-order chi connectivity index (χ1) is 9.15. The van der Waals surface area contributed by atoms with E-state index in [9.17, 15) is 0 Å². The molecular formula is C15H18N2O2. The molecule has 0 atom stereocenters. The van der Waals surface area contributed by atoms with Gasteiger partial charge >= 0.3 is 0 Å². The van der Waals surface area contributed by atoms with E-state index < -0.39 is 0 Å². The topological polar surface area (TPSA) is 47.7 Å². The van der Waals surface area contributed by atoms with Crippen LogP contribution >= 0.6 is 0 Å². The SMILES string of the molecule is COc1ccc(N(C)c2ccc(N)c(OC)c2)cc1. The van der Waals surface area contributed by atoms with Gasteiger partial charge in [-0.15, -0.1) is 0 Å². The summed E-state index contributed by atoms with van der Waals surface area (Å²) in [5, 5.41) is 0. The van der Waals surface area contributed by atoms with Crippen LogP contribution in [0.15, 0.2) is 42.5 Å². The number of ether oxygens (including phenoxy) is 2. The van der Waals surface area contributed by atoms with Gasteiger partial charge in [0.05, 0.1) is 19.9 Å². The molecular weight excluding hydrogens is 240 g/mol. The molecule has 0 amide bonds. The Balaban J connectivity index is 2.29. The van der Waals surface area contributed by atoms with Crippen LogP contribution in [0.25, 0.3) is 0 Å². The van der Waals surface area contributed by atoms with Gasteiger partial charge in [0.1, 0.15) is 11.5 Å². The number of methoxy groups -OCH3 is 2. The quantitative estimate of drug-likeness (QED) is 0.856. The zero-order chi connectivity index (χ0) is 13.8. The van der Waals surface area contributed by atoms with Gasteiger partial charge in [0.25, 0.3) is 0 Å². The number of nitrogen functional groups attached to an aromatic ring is 1. The first-order valence-electron chi connectivity index (χ1n) is 5.97. The number of nitrogens with zero attached hydrogens (tertiary/aromatic N) is 1. The second kappa shape index (κ2) is 5.52. The predicted molar refractivity (Wildman–Crippen MR) is 78.5 cm³/mol. The number of rotatable bonds is 4. The summed E-state index contributed by atoms with van der Waals surface area (Å²) in [6, 6.07) is 13.6. The maximum Gasteiger partial charge on any atom is 0.143 e. The average Bonchev–Trinajstić information content (AvgIpc) is 2.47. The van der Waals surface area contributed by atoms with E-state index in [1.807, 2.05) is 49.5 Å². The number of anilines is 3. The summed E-state index contributed by atoms with van der Waals surface area (Å²) in [6.45, 7) is 0. The van der Waals surface area contributed by atoms with Crippen LogP contribution in [0.3, 0.4) is 0 Å². The lowest BCUT2D eigenvalue weighted by molar-refractivity contribution is 0.415. The molecule has 4 heteroatoms. The fourth-order valence-electron chi connectivity index (χ4n) is 1.86. The lowest BCUT2D eigenvalue weighted by Crippen LogP contribution is -2.09. The molecule has 0 radical (unpaired) electrons. The Morgan fingerprint density at radius 1 is 0.895 bits per heavy atom.